The molecule has 15 heavy (non-hydrogen) atoms. The molecule has 0 bridgehead atoms. The molecule has 0 saturated heterocycles. The number of hydrogen-bond acceptors (Lipinski definition) is 2. The first-order valence-electron chi connectivity index (χ1n) is 5.39. The first kappa shape index (κ1) is 12.0. The Balaban J connectivity index is 2.43. The van der Waals surface area contributed by atoms with E-state index in [1.165, 1.54) is 0 Å². The van der Waals surface area contributed by atoms with E-state index in [9.17, 15) is 4.79 Å². The quantitative estimate of drug-likeness (QED) is 0.826. The van der Waals surface area contributed by atoms with Crippen LogP contribution in [0.15, 0.2) is 12.4 Å². The van der Waals surface area contributed by atoms with E-state index in [0.29, 0.717) is 18.8 Å². The fourth-order valence-corrected chi connectivity index (χ4v) is 1.30. The van der Waals surface area contributed by atoms with Gasteiger partial charge in [-0.25, -0.2) is 4.98 Å². The zero-order chi connectivity index (χ0) is 11.5. The summed E-state index contributed by atoms with van der Waals surface area (Å²) in [6.45, 7) is 8.62. The number of aromatic amines is 1. The summed E-state index contributed by atoms with van der Waals surface area (Å²) in [5, 5.41) is 0. The Morgan fingerprint density at radius 1 is 1.53 bits per heavy atom. The van der Waals surface area contributed by atoms with Crippen LogP contribution in [0.25, 0.3) is 0 Å². The van der Waals surface area contributed by atoms with Crippen molar-refractivity contribution in [2.24, 2.45) is 11.3 Å². The van der Waals surface area contributed by atoms with Gasteiger partial charge in [0.15, 0.2) is 0 Å². The normalized spacial score (nSPS) is 13.9. The molecule has 0 radical (unpaired) electrons. The molecular formula is C12H20N2O. The Morgan fingerprint density at radius 3 is 2.67 bits per heavy atom. The third-order valence-corrected chi connectivity index (χ3v) is 2.93. The van der Waals surface area contributed by atoms with Crippen LogP contribution in [0.2, 0.25) is 0 Å². The number of aromatic nitrogens is 2. The average Bonchev–Trinajstić information content (AvgIpc) is 2.54. The summed E-state index contributed by atoms with van der Waals surface area (Å²) in [5.74, 6) is 1.42. The van der Waals surface area contributed by atoms with Crippen molar-refractivity contribution < 1.29 is 4.79 Å². The van der Waals surface area contributed by atoms with Crippen LogP contribution in [0.4, 0.5) is 0 Å². The molecule has 1 atom stereocenters. The summed E-state index contributed by atoms with van der Waals surface area (Å²) in [5.41, 5.74) is 0.193. The van der Waals surface area contributed by atoms with E-state index in [1.807, 2.05) is 0 Å². The second-order valence-corrected chi connectivity index (χ2v) is 5.22. The molecule has 0 fully saturated rings. The molecule has 3 heteroatoms. The van der Waals surface area contributed by atoms with E-state index in [-0.39, 0.29) is 11.2 Å². The monoisotopic (exact) mass is 208 g/mol. The molecule has 0 aliphatic heterocycles. The van der Waals surface area contributed by atoms with E-state index in [4.69, 9.17) is 0 Å². The summed E-state index contributed by atoms with van der Waals surface area (Å²) < 4.78 is 0. The Hall–Kier alpha value is -1.12. The van der Waals surface area contributed by atoms with E-state index in [1.54, 1.807) is 12.4 Å². The van der Waals surface area contributed by atoms with Crippen molar-refractivity contribution >= 4 is 5.78 Å². The van der Waals surface area contributed by atoms with Gasteiger partial charge >= 0.3 is 0 Å². The van der Waals surface area contributed by atoms with E-state index in [0.717, 1.165) is 5.82 Å². The summed E-state index contributed by atoms with van der Waals surface area (Å²) >= 11 is 0. The molecule has 0 amide bonds. The summed E-state index contributed by atoms with van der Waals surface area (Å²) in [7, 11) is 0. The summed E-state index contributed by atoms with van der Waals surface area (Å²) in [6, 6.07) is 0. The maximum Gasteiger partial charge on any atom is 0.140 e. The van der Waals surface area contributed by atoms with Gasteiger partial charge in [-0.3, -0.25) is 4.79 Å². The molecule has 1 heterocycles. The number of carbonyl (C=O) groups is 1. The van der Waals surface area contributed by atoms with Gasteiger partial charge in [0.05, 0.1) is 6.42 Å². The highest BCUT2D eigenvalue weighted by Gasteiger charge is 2.22. The molecule has 0 aromatic carbocycles. The Labute approximate surface area is 91.3 Å². The van der Waals surface area contributed by atoms with Gasteiger partial charge in [-0.15, -0.1) is 0 Å². The molecule has 0 spiro atoms. The number of carbonyl (C=O) groups excluding carboxylic acids is 1. The smallest absolute Gasteiger partial charge is 0.140 e. The van der Waals surface area contributed by atoms with E-state index >= 15 is 0 Å². The van der Waals surface area contributed by atoms with Gasteiger partial charge in [-0.1, -0.05) is 27.7 Å². The van der Waals surface area contributed by atoms with Gasteiger partial charge in [-0.2, -0.15) is 0 Å². The number of imidazole rings is 1. The maximum absolute atomic E-state index is 11.7. The number of nitrogens with one attached hydrogen (secondary N) is 1. The molecule has 1 unspecified atom stereocenters. The van der Waals surface area contributed by atoms with Crippen molar-refractivity contribution in [3.63, 3.8) is 0 Å². The fraction of sp³-hybridized carbons (Fsp3) is 0.667. The number of rotatable bonds is 4. The van der Waals surface area contributed by atoms with Crippen molar-refractivity contribution in [3.8, 4) is 0 Å². The molecular weight excluding hydrogens is 188 g/mol. The number of hydrogen-bond donors (Lipinski definition) is 1. The predicted molar refractivity (Wildman–Crippen MR) is 60.5 cm³/mol. The number of nitrogens with zero attached hydrogens (tertiary/aromatic N) is 1. The molecule has 3 nitrogen and oxygen atoms in total. The lowest BCUT2D eigenvalue weighted by molar-refractivity contribution is -0.120. The lowest BCUT2D eigenvalue weighted by atomic mass is 9.79. The largest absolute Gasteiger partial charge is 0.348 e. The molecule has 1 N–H and O–H groups in total. The van der Waals surface area contributed by atoms with Crippen molar-refractivity contribution in [2.75, 3.05) is 0 Å². The van der Waals surface area contributed by atoms with Crippen LogP contribution in [-0.4, -0.2) is 15.8 Å². The highest BCUT2D eigenvalue weighted by atomic mass is 16.1. The molecule has 0 saturated carbocycles. The number of Topliss-reactive ketones (excluding diaryl/α,β-unsaturated/α-hetero) is 1. The molecule has 84 valence electrons. The lowest BCUT2D eigenvalue weighted by Crippen LogP contribution is -2.21. The first-order chi connectivity index (χ1) is 6.89. The number of ketones is 1. The van der Waals surface area contributed by atoms with Crippen LogP contribution < -0.4 is 0 Å². The van der Waals surface area contributed by atoms with Crippen LogP contribution in [-0.2, 0) is 11.2 Å². The van der Waals surface area contributed by atoms with Crippen LogP contribution in [0.5, 0.6) is 0 Å². The van der Waals surface area contributed by atoms with Gasteiger partial charge in [-0.05, 0) is 11.3 Å². The van der Waals surface area contributed by atoms with Gasteiger partial charge in [0.2, 0.25) is 0 Å². The SMILES string of the molecule is CC(CC(=O)Cc1ncc[nH]1)C(C)(C)C. The van der Waals surface area contributed by atoms with Gasteiger partial charge in [0, 0.05) is 18.8 Å². The Kier molecular flexibility index (Phi) is 3.66. The highest BCUT2D eigenvalue weighted by molar-refractivity contribution is 5.80. The average molecular weight is 208 g/mol. The van der Waals surface area contributed by atoms with Crippen LogP contribution in [0.3, 0.4) is 0 Å². The van der Waals surface area contributed by atoms with Crippen LogP contribution in [0.1, 0.15) is 39.9 Å². The van der Waals surface area contributed by atoms with Crippen molar-refractivity contribution in [2.45, 2.75) is 40.5 Å². The van der Waals surface area contributed by atoms with Crippen molar-refractivity contribution in [1.29, 1.82) is 0 Å². The zero-order valence-corrected chi connectivity index (χ0v) is 10.0. The molecule has 0 aliphatic rings. The van der Waals surface area contributed by atoms with Gasteiger partial charge in [0.25, 0.3) is 0 Å². The molecule has 1 aromatic heterocycles. The molecule has 1 aromatic rings. The predicted octanol–water partition coefficient (Wildman–Crippen LogP) is 2.59. The summed E-state index contributed by atoms with van der Waals surface area (Å²) in [6.07, 6.45) is 4.48. The molecule has 1 rings (SSSR count). The zero-order valence-electron chi connectivity index (χ0n) is 10.0. The molecule has 0 aliphatic carbocycles. The standard InChI is InChI=1S/C12H20N2O/c1-9(12(2,3)4)7-10(15)8-11-13-5-6-14-11/h5-6,9H,7-8H2,1-4H3,(H,13,14). The second-order valence-electron chi connectivity index (χ2n) is 5.22. The third-order valence-electron chi connectivity index (χ3n) is 2.93. The topological polar surface area (TPSA) is 45.8 Å². The maximum atomic E-state index is 11.7. The fourth-order valence-electron chi connectivity index (χ4n) is 1.30. The van der Waals surface area contributed by atoms with Gasteiger partial charge in [0.1, 0.15) is 11.6 Å². The second kappa shape index (κ2) is 4.60. The Morgan fingerprint density at radius 2 is 2.20 bits per heavy atom. The minimum atomic E-state index is 0.193. The van der Waals surface area contributed by atoms with Crippen molar-refractivity contribution in [1.82, 2.24) is 9.97 Å². The van der Waals surface area contributed by atoms with E-state index < -0.39 is 0 Å². The lowest BCUT2D eigenvalue weighted by Gasteiger charge is -2.26. The summed E-state index contributed by atoms with van der Waals surface area (Å²) in [4.78, 5) is 18.7. The number of H-pyrrole nitrogens is 1. The highest BCUT2D eigenvalue weighted by Crippen LogP contribution is 2.28. The third kappa shape index (κ3) is 3.86. The van der Waals surface area contributed by atoms with E-state index in [2.05, 4.69) is 37.7 Å². The first-order valence-corrected chi connectivity index (χ1v) is 5.39. The van der Waals surface area contributed by atoms with Gasteiger partial charge < -0.3 is 4.98 Å². The minimum absolute atomic E-state index is 0.193. The van der Waals surface area contributed by atoms with Crippen molar-refractivity contribution in [3.05, 3.63) is 18.2 Å². The van der Waals surface area contributed by atoms with Crippen LogP contribution in [0, 0.1) is 11.3 Å². The Bertz CT molecular complexity index is 309. The minimum Gasteiger partial charge on any atom is -0.348 e. The van der Waals surface area contributed by atoms with Crippen LogP contribution >= 0.6 is 0 Å².